The Hall–Kier alpha value is -1.13. The fourth-order valence-corrected chi connectivity index (χ4v) is 1.83. The van der Waals surface area contributed by atoms with Crippen molar-refractivity contribution >= 4 is 18.3 Å². The van der Waals surface area contributed by atoms with E-state index < -0.39 is 0 Å². The summed E-state index contributed by atoms with van der Waals surface area (Å²) in [4.78, 5) is 13.8. The number of aryl methyl sites for hydroxylation is 1. The van der Waals surface area contributed by atoms with E-state index in [9.17, 15) is 9.18 Å². The van der Waals surface area contributed by atoms with Gasteiger partial charge in [-0.25, -0.2) is 4.39 Å². The van der Waals surface area contributed by atoms with Gasteiger partial charge in [-0.05, 0) is 30.7 Å². The highest BCUT2D eigenvalue weighted by Crippen LogP contribution is 2.11. The van der Waals surface area contributed by atoms with Gasteiger partial charge >= 0.3 is 0 Å². The summed E-state index contributed by atoms with van der Waals surface area (Å²) in [5.41, 5.74) is 1.08. The average molecular weight is 259 g/mol. The number of nitrogens with one attached hydrogen (secondary N) is 1. The number of amides is 1. The van der Waals surface area contributed by atoms with Crippen LogP contribution in [0, 0.1) is 12.7 Å². The number of benzene rings is 1. The maximum Gasteiger partial charge on any atom is 0.253 e. The topological polar surface area (TPSA) is 32.3 Å². The van der Waals surface area contributed by atoms with Gasteiger partial charge in [-0.1, -0.05) is 0 Å². The molecule has 1 saturated heterocycles. The Balaban J connectivity index is 0.00000144. The van der Waals surface area contributed by atoms with Crippen molar-refractivity contribution in [1.82, 2.24) is 10.2 Å². The van der Waals surface area contributed by atoms with E-state index in [1.54, 1.807) is 24.0 Å². The maximum absolute atomic E-state index is 13.1. The van der Waals surface area contributed by atoms with Crippen LogP contribution < -0.4 is 5.32 Å². The van der Waals surface area contributed by atoms with Gasteiger partial charge in [0.15, 0.2) is 0 Å². The van der Waals surface area contributed by atoms with Crippen LogP contribution >= 0.6 is 12.4 Å². The van der Waals surface area contributed by atoms with Gasteiger partial charge in [0.2, 0.25) is 0 Å². The van der Waals surface area contributed by atoms with Gasteiger partial charge in [0.25, 0.3) is 5.91 Å². The number of piperazine rings is 1. The molecule has 0 spiro atoms. The molecule has 1 amide bonds. The highest BCUT2D eigenvalue weighted by molar-refractivity contribution is 5.94. The average Bonchev–Trinajstić information content (AvgIpc) is 2.33. The van der Waals surface area contributed by atoms with Crippen molar-refractivity contribution < 1.29 is 9.18 Å². The lowest BCUT2D eigenvalue weighted by atomic mass is 10.1. The Kier molecular flexibility index (Phi) is 4.90. The maximum atomic E-state index is 13.1. The molecule has 1 fully saturated rings. The minimum absolute atomic E-state index is 0. The van der Waals surface area contributed by atoms with Gasteiger partial charge < -0.3 is 10.2 Å². The van der Waals surface area contributed by atoms with Crippen molar-refractivity contribution in [3.63, 3.8) is 0 Å². The molecule has 1 heterocycles. The molecule has 1 aromatic carbocycles. The molecule has 1 aromatic rings. The molecule has 3 nitrogen and oxygen atoms in total. The van der Waals surface area contributed by atoms with Crippen LogP contribution in [0.15, 0.2) is 18.2 Å². The predicted molar refractivity (Wildman–Crippen MR) is 67.2 cm³/mol. The third-order valence-electron chi connectivity index (χ3n) is 2.81. The van der Waals surface area contributed by atoms with E-state index in [1.807, 2.05) is 0 Å². The standard InChI is InChI=1S/C12H15FN2O.ClH/c1-9-8-10(2-3-11(9)13)12(16)15-6-4-14-5-7-15;/h2-3,8,14H,4-7H2,1H3;1H. The van der Waals surface area contributed by atoms with Crippen LogP contribution in [0.3, 0.4) is 0 Å². The van der Waals surface area contributed by atoms with Crippen LogP contribution in [0.1, 0.15) is 15.9 Å². The quantitative estimate of drug-likeness (QED) is 0.830. The van der Waals surface area contributed by atoms with Crippen molar-refractivity contribution in [3.8, 4) is 0 Å². The molecule has 1 aliphatic heterocycles. The number of carbonyl (C=O) groups excluding carboxylic acids is 1. The fraction of sp³-hybridized carbons (Fsp3) is 0.417. The Bertz CT molecular complexity index is 405. The van der Waals surface area contributed by atoms with E-state index in [0.29, 0.717) is 11.1 Å². The van der Waals surface area contributed by atoms with Gasteiger partial charge in [0, 0.05) is 31.7 Å². The van der Waals surface area contributed by atoms with Crippen LogP contribution in [0.5, 0.6) is 0 Å². The first-order valence-electron chi connectivity index (χ1n) is 5.44. The Morgan fingerprint density at radius 2 is 2.00 bits per heavy atom. The van der Waals surface area contributed by atoms with E-state index in [1.165, 1.54) is 6.07 Å². The zero-order valence-corrected chi connectivity index (χ0v) is 10.5. The summed E-state index contributed by atoms with van der Waals surface area (Å²) >= 11 is 0. The molecule has 0 bridgehead atoms. The number of hydrogen-bond acceptors (Lipinski definition) is 2. The van der Waals surface area contributed by atoms with Gasteiger partial charge in [0.1, 0.15) is 5.82 Å². The third-order valence-corrected chi connectivity index (χ3v) is 2.81. The Morgan fingerprint density at radius 1 is 1.35 bits per heavy atom. The van der Waals surface area contributed by atoms with Crippen molar-refractivity contribution in [2.24, 2.45) is 0 Å². The monoisotopic (exact) mass is 258 g/mol. The summed E-state index contributed by atoms with van der Waals surface area (Å²) in [6.07, 6.45) is 0. The minimum atomic E-state index is -0.267. The van der Waals surface area contributed by atoms with E-state index in [4.69, 9.17) is 0 Å². The molecule has 0 aromatic heterocycles. The SMILES string of the molecule is Cc1cc(C(=O)N2CCNCC2)ccc1F.Cl. The van der Waals surface area contributed by atoms with E-state index in [-0.39, 0.29) is 24.1 Å². The van der Waals surface area contributed by atoms with Crippen LogP contribution in [-0.4, -0.2) is 37.0 Å². The smallest absolute Gasteiger partial charge is 0.253 e. The molecule has 94 valence electrons. The van der Waals surface area contributed by atoms with Crippen molar-refractivity contribution in [1.29, 1.82) is 0 Å². The zero-order valence-electron chi connectivity index (χ0n) is 9.70. The fourth-order valence-electron chi connectivity index (χ4n) is 1.83. The molecular formula is C12H16ClFN2O. The second-order valence-electron chi connectivity index (χ2n) is 4.01. The van der Waals surface area contributed by atoms with Gasteiger partial charge in [-0.15, -0.1) is 12.4 Å². The third kappa shape index (κ3) is 3.17. The Morgan fingerprint density at radius 3 is 2.59 bits per heavy atom. The first-order valence-corrected chi connectivity index (χ1v) is 5.44. The summed E-state index contributed by atoms with van der Waals surface area (Å²) in [5, 5.41) is 3.19. The summed E-state index contributed by atoms with van der Waals surface area (Å²) in [6.45, 7) is 4.76. The first kappa shape index (κ1) is 13.9. The number of carbonyl (C=O) groups is 1. The molecule has 0 atom stereocenters. The molecule has 5 heteroatoms. The molecular weight excluding hydrogens is 243 g/mol. The van der Waals surface area contributed by atoms with Crippen LogP contribution in [-0.2, 0) is 0 Å². The minimum Gasteiger partial charge on any atom is -0.336 e. The Labute approximate surface area is 106 Å². The number of rotatable bonds is 1. The number of halogens is 2. The van der Waals surface area contributed by atoms with Gasteiger partial charge in [0.05, 0.1) is 0 Å². The molecule has 2 rings (SSSR count). The van der Waals surface area contributed by atoms with E-state index in [0.717, 1.165) is 26.2 Å². The van der Waals surface area contributed by atoms with Gasteiger partial charge in [-0.2, -0.15) is 0 Å². The lowest BCUT2D eigenvalue weighted by molar-refractivity contribution is 0.0735. The molecule has 0 unspecified atom stereocenters. The zero-order chi connectivity index (χ0) is 11.5. The van der Waals surface area contributed by atoms with Crippen molar-refractivity contribution in [2.75, 3.05) is 26.2 Å². The van der Waals surface area contributed by atoms with Crippen LogP contribution in [0.25, 0.3) is 0 Å². The second-order valence-corrected chi connectivity index (χ2v) is 4.01. The second kappa shape index (κ2) is 5.98. The molecule has 0 radical (unpaired) electrons. The van der Waals surface area contributed by atoms with Crippen LogP contribution in [0.2, 0.25) is 0 Å². The normalized spacial score (nSPS) is 15.3. The molecule has 17 heavy (non-hydrogen) atoms. The highest BCUT2D eigenvalue weighted by Gasteiger charge is 2.18. The largest absolute Gasteiger partial charge is 0.336 e. The number of nitrogens with zero attached hydrogens (tertiary/aromatic N) is 1. The summed E-state index contributed by atoms with van der Waals surface area (Å²) < 4.78 is 13.1. The van der Waals surface area contributed by atoms with Crippen LogP contribution in [0.4, 0.5) is 4.39 Å². The van der Waals surface area contributed by atoms with Crippen molar-refractivity contribution in [3.05, 3.63) is 35.1 Å². The summed E-state index contributed by atoms with van der Waals surface area (Å²) in [5.74, 6) is -0.276. The van der Waals surface area contributed by atoms with E-state index in [2.05, 4.69) is 5.32 Å². The highest BCUT2D eigenvalue weighted by atomic mass is 35.5. The van der Waals surface area contributed by atoms with Crippen molar-refractivity contribution in [2.45, 2.75) is 6.92 Å². The summed E-state index contributed by atoms with van der Waals surface area (Å²) in [7, 11) is 0. The van der Waals surface area contributed by atoms with Gasteiger partial charge in [-0.3, -0.25) is 4.79 Å². The number of hydrogen-bond donors (Lipinski definition) is 1. The summed E-state index contributed by atoms with van der Waals surface area (Å²) in [6, 6.07) is 4.51. The first-order chi connectivity index (χ1) is 7.68. The molecule has 1 aliphatic rings. The van der Waals surface area contributed by atoms with E-state index >= 15 is 0 Å². The molecule has 0 aliphatic carbocycles. The predicted octanol–water partition coefficient (Wildman–Crippen LogP) is 1.60. The molecule has 0 saturated carbocycles. The lowest BCUT2D eigenvalue weighted by Gasteiger charge is -2.27. The lowest BCUT2D eigenvalue weighted by Crippen LogP contribution is -2.46. The molecule has 1 N–H and O–H groups in total.